The summed E-state index contributed by atoms with van der Waals surface area (Å²) in [5.41, 5.74) is 0.455. The van der Waals surface area contributed by atoms with Crippen LogP contribution in [0.1, 0.15) is 19.3 Å². The number of urea groups is 1. The number of methoxy groups -OCH3 is 1. The predicted molar refractivity (Wildman–Crippen MR) is 87.9 cm³/mol. The van der Waals surface area contributed by atoms with Gasteiger partial charge in [-0.25, -0.2) is 17.9 Å². The normalized spacial score (nSPS) is 16.4. The van der Waals surface area contributed by atoms with E-state index in [1.54, 1.807) is 19.2 Å². The lowest BCUT2D eigenvalue weighted by Gasteiger charge is -2.41. The van der Waals surface area contributed by atoms with Gasteiger partial charge < -0.3 is 15.4 Å². The third-order valence-corrected chi connectivity index (χ3v) is 5.57. The van der Waals surface area contributed by atoms with Crippen molar-refractivity contribution >= 4 is 21.7 Å². The molecule has 0 bridgehead atoms. The highest BCUT2D eigenvalue weighted by atomic mass is 32.2. The van der Waals surface area contributed by atoms with Crippen LogP contribution in [-0.2, 0) is 14.8 Å². The standard InChI is InChI=1S/C15H23N3O4S/c1-16-23(20,21)13-6-3-5-12(9-13)18-14(19)17-10-15(11-22-2)7-4-8-15/h3,5-6,9,16H,4,7-8,10-11H2,1-2H3,(H2,17,18,19). The van der Waals surface area contributed by atoms with Gasteiger partial charge in [0.05, 0.1) is 11.5 Å². The van der Waals surface area contributed by atoms with Gasteiger partial charge in [0.1, 0.15) is 0 Å². The van der Waals surface area contributed by atoms with E-state index in [2.05, 4.69) is 15.4 Å². The van der Waals surface area contributed by atoms with Crippen molar-refractivity contribution in [1.82, 2.24) is 10.0 Å². The molecule has 1 aromatic carbocycles. The molecule has 0 heterocycles. The van der Waals surface area contributed by atoms with E-state index in [0.29, 0.717) is 18.8 Å². The fourth-order valence-electron chi connectivity index (χ4n) is 2.66. The lowest BCUT2D eigenvalue weighted by atomic mass is 9.69. The highest BCUT2D eigenvalue weighted by Crippen LogP contribution is 2.40. The molecule has 7 nitrogen and oxygen atoms in total. The van der Waals surface area contributed by atoms with Gasteiger partial charge in [-0.1, -0.05) is 12.5 Å². The van der Waals surface area contributed by atoms with Crippen LogP contribution in [0.5, 0.6) is 0 Å². The molecule has 23 heavy (non-hydrogen) atoms. The van der Waals surface area contributed by atoms with Crippen LogP contribution in [0, 0.1) is 5.41 Å². The first kappa shape index (κ1) is 17.7. The number of ether oxygens (including phenoxy) is 1. The van der Waals surface area contributed by atoms with Gasteiger partial charge in [0.25, 0.3) is 0 Å². The van der Waals surface area contributed by atoms with E-state index in [-0.39, 0.29) is 16.3 Å². The van der Waals surface area contributed by atoms with E-state index in [1.165, 1.54) is 19.2 Å². The molecule has 0 atom stereocenters. The number of rotatable bonds is 7. The molecule has 0 spiro atoms. The second-order valence-electron chi connectivity index (χ2n) is 5.83. The Morgan fingerprint density at radius 1 is 1.35 bits per heavy atom. The Kier molecular flexibility index (Phi) is 5.61. The summed E-state index contributed by atoms with van der Waals surface area (Å²) < 4.78 is 31.0. The molecule has 1 fully saturated rings. The maximum Gasteiger partial charge on any atom is 0.319 e. The molecule has 1 aliphatic carbocycles. The van der Waals surface area contributed by atoms with Gasteiger partial charge in [-0.2, -0.15) is 0 Å². The van der Waals surface area contributed by atoms with Crippen molar-refractivity contribution in [2.75, 3.05) is 32.6 Å². The van der Waals surface area contributed by atoms with Crippen molar-refractivity contribution in [2.45, 2.75) is 24.2 Å². The molecule has 0 aromatic heterocycles. The Morgan fingerprint density at radius 3 is 2.65 bits per heavy atom. The first-order valence-electron chi connectivity index (χ1n) is 7.48. The highest BCUT2D eigenvalue weighted by Gasteiger charge is 2.37. The average molecular weight is 341 g/mol. The average Bonchev–Trinajstić information content (AvgIpc) is 2.50. The van der Waals surface area contributed by atoms with E-state index in [1.807, 2.05) is 0 Å². The minimum absolute atomic E-state index is 0.0312. The number of hydrogen-bond acceptors (Lipinski definition) is 4. The molecular weight excluding hydrogens is 318 g/mol. The Labute approximate surface area is 136 Å². The Bertz CT molecular complexity index is 656. The van der Waals surface area contributed by atoms with E-state index in [0.717, 1.165) is 19.3 Å². The summed E-state index contributed by atoms with van der Waals surface area (Å²) >= 11 is 0. The molecule has 0 unspecified atom stereocenters. The van der Waals surface area contributed by atoms with Crippen molar-refractivity contribution in [3.8, 4) is 0 Å². The second kappa shape index (κ2) is 7.29. The third kappa shape index (κ3) is 4.43. The molecule has 0 radical (unpaired) electrons. The second-order valence-corrected chi connectivity index (χ2v) is 7.72. The van der Waals surface area contributed by atoms with Gasteiger partial charge in [-0.3, -0.25) is 0 Å². The number of carbonyl (C=O) groups is 1. The van der Waals surface area contributed by atoms with E-state index in [4.69, 9.17) is 4.74 Å². The summed E-state index contributed by atoms with van der Waals surface area (Å²) in [5.74, 6) is 0. The molecular formula is C15H23N3O4S. The zero-order valence-corrected chi connectivity index (χ0v) is 14.2. The van der Waals surface area contributed by atoms with Gasteiger partial charge in [0.2, 0.25) is 10.0 Å². The lowest BCUT2D eigenvalue weighted by molar-refractivity contribution is 0.0203. The molecule has 1 saturated carbocycles. The van der Waals surface area contributed by atoms with Crippen molar-refractivity contribution in [2.24, 2.45) is 5.41 Å². The number of nitrogens with one attached hydrogen (secondary N) is 3. The van der Waals surface area contributed by atoms with Crippen LogP contribution in [-0.4, -0.2) is 41.8 Å². The monoisotopic (exact) mass is 341 g/mol. The summed E-state index contributed by atoms with van der Waals surface area (Å²) in [5, 5.41) is 5.49. The molecule has 0 saturated heterocycles. The molecule has 8 heteroatoms. The summed E-state index contributed by atoms with van der Waals surface area (Å²) in [6, 6.07) is 5.75. The van der Waals surface area contributed by atoms with E-state index >= 15 is 0 Å². The zero-order valence-electron chi connectivity index (χ0n) is 13.4. The fraction of sp³-hybridized carbons (Fsp3) is 0.533. The minimum Gasteiger partial charge on any atom is -0.384 e. The number of benzene rings is 1. The summed E-state index contributed by atoms with van der Waals surface area (Å²) in [6.07, 6.45) is 3.23. The maximum absolute atomic E-state index is 12.0. The van der Waals surface area contributed by atoms with Crippen LogP contribution in [0.25, 0.3) is 0 Å². The summed E-state index contributed by atoms with van der Waals surface area (Å²) in [7, 11) is -0.529. The topological polar surface area (TPSA) is 96.5 Å². The van der Waals surface area contributed by atoms with Gasteiger partial charge in [0, 0.05) is 24.8 Å². The van der Waals surface area contributed by atoms with Crippen molar-refractivity contribution in [3.05, 3.63) is 24.3 Å². The summed E-state index contributed by atoms with van der Waals surface area (Å²) in [4.78, 5) is 12.1. The first-order valence-corrected chi connectivity index (χ1v) is 8.96. The van der Waals surface area contributed by atoms with Gasteiger partial charge in [0.15, 0.2) is 0 Å². The van der Waals surface area contributed by atoms with Crippen molar-refractivity contribution in [1.29, 1.82) is 0 Å². The lowest BCUT2D eigenvalue weighted by Crippen LogP contribution is -2.46. The molecule has 1 aliphatic rings. The van der Waals surface area contributed by atoms with Gasteiger partial charge >= 0.3 is 6.03 Å². The number of amides is 2. The highest BCUT2D eigenvalue weighted by molar-refractivity contribution is 7.89. The number of carbonyl (C=O) groups excluding carboxylic acids is 1. The number of hydrogen-bond donors (Lipinski definition) is 3. The molecule has 1 aromatic rings. The van der Waals surface area contributed by atoms with Crippen LogP contribution < -0.4 is 15.4 Å². The van der Waals surface area contributed by atoms with Crippen LogP contribution in [0.4, 0.5) is 10.5 Å². The smallest absolute Gasteiger partial charge is 0.319 e. The van der Waals surface area contributed by atoms with Crippen LogP contribution >= 0.6 is 0 Å². The van der Waals surface area contributed by atoms with Crippen LogP contribution in [0.15, 0.2) is 29.2 Å². The van der Waals surface area contributed by atoms with Crippen LogP contribution in [0.3, 0.4) is 0 Å². The van der Waals surface area contributed by atoms with Gasteiger partial charge in [-0.15, -0.1) is 0 Å². The molecule has 0 aliphatic heterocycles. The quantitative estimate of drug-likeness (QED) is 0.701. The van der Waals surface area contributed by atoms with Gasteiger partial charge in [-0.05, 0) is 38.1 Å². The largest absolute Gasteiger partial charge is 0.384 e. The fourth-order valence-corrected chi connectivity index (χ4v) is 3.43. The Hall–Kier alpha value is -1.64. The Balaban J connectivity index is 1.94. The van der Waals surface area contributed by atoms with Crippen molar-refractivity contribution < 1.29 is 17.9 Å². The van der Waals surface area contributed by atoms with Crippen LogP contribution in [0.2, 0.25) is 0 Å². The number of anilines is 1. The molecule has 2 amide bonds. The first-order chi connectivity index (χ1) is 10.9. The zero-order chi connectivity index (χ0) is 16.9. The molecule has 128 valence electrons. The predicted octanol–water partition coefficient (Wildman–Crippen LogP) is 1.53. The Morgan fingerprint density at radius 2 is 2.09 bits per heavy atom. The third-order valence-electron chi connectivity index (χ3n) is 4.16. The SMILES string of the molecule is CNS(=O)(=O)c1cccc(NC(=O)NCC2(COC)CCC2)c1. The molecule has 3 N–H and O–H groups in total. The number of sulfonamides is 1. The summed E-state index contributed by atoms with van der Waals surface area (Å²) in [6.45, 7) is 1.17. The van der Waals surface area contributed by atoms with Crippen molar-refractivity contribution in [3.63, 3.8) is 0 Å². The van der Waals surface area contributed by atoms with E-state index in [9.17, 15) is 13.2 Å². The maximum atomic E-state index is 12.0. The minimum atomic E-state index is -3.53. The molecule has 2 rings (SSSR count). The van der Waals surface area contributed by atoms with E-state index < -0.39 is 10.0 Å².